The van der Waals surface area contributed by atoms with Gasteiger partial charge in [0, 0.05) is 19.5 Å². The number of halogens is 1. The maximum absolute atomic E-state index is 13.7. The first-order valence-corrected chi connectivity index (χ1v) is 7.37. The SMILES string of the molecule is Nc1nc(N2CCOCC2)sc1Cc1ccccc1F. The van der Waals surface area contributed by atoms with E-state index in [4.69, 9.17) is 10.5 Å². The molecule has 4 nitrogen and oxygen atoms in total. The van der Waals surface area contributed by atoms with Crippen molar-refractivity contribution in [1.29, 1.82) is 0 Å². The van der Waals surface area contributed by atoms with Crippen LogP contribution in [0.5, 0.6) is 0 Å². The molecule has 3 rings (SSSR count). The van der Waals surface area contributed by atoms with E-state index in [-0.39, 0.29) is 5.82 Å². The van der Waals surface area contributed by atoms with Crippen LogP contribution >= 0.6 is 11.3 Å². The van der Waals surface area contributed by atoms with Gasteiger partial charge in [-0.25, -0.2) is 9.37 Å². The van der Waals surface area contributed by atoms with Crippen LogP contribution in [0.4, 0.5) is 15.3 Å². The van der Waals surface area contributed by atoms with Gasteiger partial charge in [0.05, 0.1) is 18.1 Å². The summed E-state index contributed by atoms with van der Waals surface area (Å²) >= 11 is 1.54. The zero-order valence-electron chi connectivity index (χ0n) is 11.0. The molecule has 1 aliphatic heterocycles. The Bertz CT molecular complexity index is 596. The molecule has 1 aromatic heterocycles. The highest BCUT2D eigenvalue weighted by Gasteiger charge is 2.18. The molecular weight excluding hydrogens is 277 g/mol. The van der Waals surface area contributed by atoms with E-state index < -0.39 is 0 Å². The Morgan fingerprint density at radius 2 is 2.05 bits per heavy atom. The summed E-state index contributed by atoms with van der Waals surface area (Å²) in [6.07, 6.45) is 0.487. The molecule has 1 saturated heterocycles. The molecule has 1 aliphatic rings. The summed E-state index contributed by atoms with van der Waals surface area (Å²) in [4.78, 5) is 7.48. The van der Waals surface area contributed by atoms with Crippen molar-refractivity contribution >= 4 is 22.3 Å². The van der Waals surface area contributed by atoms with Crippen LogP contribution < -0.4 is 10.6 Å². The summed E-state index contributed by atoms with van der Waals surface area (Å²) in [5, 5.41) is 0.900. The minimum atomic E-state index is -0.201. The largest absolute Gasteiger partial charge is 0.383 e. The van der Waals surface area contributed by atoms with Gasteiger partial charge >= 0.3 is 0 Å². The Hall–Kier alpha value is -1.66. The fourth-order valence-electron chi connectivity index (χ4n) is 2.18. The van der Waals surface area contributed by atoms with Crippen molar-refractivity contribution in [2.75, 3.05) is 36.9 Å². The number of nitrogen functional groups attached to an aromatic ring is 1. The zero-order chi connectivity index (χ0) is 13.9. The second-order valence-electron chi connectivity index (χ2n) is 4.67. The van der Waals surface area contributed by atoms with Crippen LogP contribution in [0.3, 0.4) is 0 Å². The lowest BCUT2D eigenvalue weighted by Crippen LogP contribution is -2.36. The Kier molecular flexibility index (Phi) is 3.84. The van der Waals surface area contributed by atoms with Gasteiger partial charge in [-0.1, -0.05) is 29.5 Å². The number of benzene rings is 1. The first-order valence-electron chi connectivity index (χ1n) is 6.55. The average molecular weight is 293 g/mol. The van der Waals surface area contributed by atoms with Crippen molar-refractivity contribution in [3.63, 3.8) is 0 Å². The van der Waals surface area contributed by atoms with E-state index in [2.05, 4.69) is 9.88 Å². The van der Waals surface area contributed by atoms with Gasteiger partial charge in [0.1, 0.15) is 11.6 Å². The van der Waals surface area contributed by atoms with Crippen LogP contribution in [0.15, 0.2) is 24.3 Å². The van der Waals surface area contributed by atoms with E-state index in [9.17, 15) is 4.39 Å². The topological polar surface area (TPSA) is 51.4 Å². The Balaban J connectivity index is 1.80. The van der Waals surface area contributed by atoms with E-state index in [1.54, 1.807) is 12.1 Å². The number of morpholine rings is 1. The van der Waals surface area contributed by atoms with Crippen LogP contribution in [0, 0.1) is 5.82 Å². The van der Waals surface area contributed by atoms with E-state index >= 15 is 0 Å². The number of thiazole rings is 1. The Morgan fingerprint density at radius 1 is 1.30 bits per heavy atom. The van der Waals surface area contributed by atoms with Crippen molar-refractivity contribution in [2.45, 2.75) is 6.42 Å². The van der Waals surface area contributed by atoms with Crippen molar-refractivity contribution < 1.29 is 9.13 Å². The molecule has 106 valence electrons. The molecule has 0 aliphatic carbocycles. The third-order valence-electron chi connectivity index (χ3n) is 3.31. The summed E-state index contributed by atoms with van der Waals surface area (Å²) in [6.45, 7) is 3.07. The summed E-state index contributed by atoms with van der Waals surface area (Å²) in [5.74, 6) is 0.299. The predicted octanol–water partition coefficient (Wildman–Crippen LogP) is 2.29. The first kappa shape index (κ1) is 13.3. The summed E-state index contributed by atoms with van der Waals surface area (Å²) in [5.41, 5.74) is 6.61. The van der Waals surface area contributed by atoms with Gasteiger partial charge in [-0.3, -0.25) is 0 Å². The third kappa shape index (κ3) is 2.76. The predicted molar refractivity (Wildman–Crippen MR) is 78.8 cm³/mol. The molecule has 0 saturated carbocycles. The highest BCUT2D eigenvalue weighted by atomic mass is 32.1. The van der Waals surface area contributed by atoms with Crippen molar-refractivity contribution in [3.8, 4) is 0 Å². The first-order chi connectivity index (χ1) is 9.74. The maximum Gasteiger partial charge on any atom is 0.187 e. The number of hydrogen-bond donors (Lipinski definition) is 1. The molecule has 2 N–H and O–H groups in total. The van der Waals surface area contributed by atoms with Gasteiger partial charge in [0.25, 0.3) is 0 Å². The van der Waals surface area contributed by atoms with Crippen LogP contribution in [0.25, 0.3) is 0 Å². The maximum atomic E-state index is 13.7. The van der Waals surface area contributed by atoms with Crippen molar-refractivity contribution in [2.24, 2.45) is 0 Å². The number of rotatable bonds is 3. The number of anilines is 2. The number of nitrogens with zero attached hydrogens (tertiary/aromatic N) is 2. The molecule has 2 aromatic rings. The van der Waals surface area contributed by atoms with Crippen LogP contribution in [-0.2, 0) is 11.2 Å². The Morgan fingerprint density at radius 3 is 2.80 bits per heavy atom. The number of ether oxygens (including phenoxy) is 1. The van der Waals surface area contributed by atoms with E-state index in [0.717, 1.165) is 23.1 Å². The molecule has 2 heterocycles. The highest BCUT2D eigenvalue weighted by Crippen LogP contribution is 2.30. The van der Waals surface area contributed by atoms with Crippen LogP contribution in [0.1, 0.15) is 10.4 Å². The molecule has 0 spiro atoms. The van der Waals surface area contributed by atoms with Crippen molar-refractivity contribution in [1.82, 2.24) is 4.98 Å². The molecule has 20 heavy (non-hydrogen) atoms. The average Bonchev–Trinajstić information content (AvgIpc) is 2.84. The fraction of sp³-hybridized carbons (Fsp3) is 0.357. The van der Waals surface area contributed by atoms with Gasteiger partial charge in [-0.15, -0.1) is 0 Å². The van der Waals surface area contributed by atoms with Gasteiger partial charge in [0.15, 0.2) is 5.13 Å². The third-order valence-corrected chi connectivity index (χ3v) is 4.44. The molecule has 1 fully saturated rings. The quantitative estimate of drug-likeness (QED) is 0.943. The van der Waals surface area contributed by atoms with Gasteiger partial charge in [-0.2, -0.15) is 0 Å². The molecule has 0 amide bonds. The van der Waals surface area contributed by atoms with Crippen molar-refractivity contribution in [3.05, 3.63) is 40.5 Å². The fourth-order valence-corrected chi connectivity index (χ4v) is 3.24. The number of nitrogens with two attached hydrogens (primary N) is 1. The van der Waals surface area contributed by atoms with E-state index in [1.807, 2.05) is 6.07 Å². The summed E-state index contributed by atoms with van der Waals surface area (Å²) in [7, 11) is 0. The molecule has 0 radical (unpaired) electrons. The summed E-state index contributed by atoms with van der Waals surface area (Å²) in [6, 6.07) is 6.77. The lowest BCUT2D eigenvalue weighted by molar-refractivity contribution is 0.122. The minimum absolute atomic E-state index is 0.201. The molecular formula is C14H16FN3OS. The molecule has 0 unspecified atom stereocenters. The second kappa shape index (κ2) is 5.76. The highest BCUT2D eigenvalue weighted by molar-refractivity contribution is 7.16. The summed E-state index contributed by atoms with van der Waals surface area (Å²) < 4.78 is 19.0. The molecule has 6 heteroatoms. The number of hydrogen-bond acceptors (Lipinski definition) is 5. The minimum Gasteiger partial charge on any atom is -0.383 e. The standard InChI is InChI=1S/C14H16FN3OS/c15-11-4-2-1-3-10(11)9-12-13(16)17-14(20-12)18-5-7-19-8-6-18/h1-4H,5-9,16H2. The molecule has 0 bridgehead atoms. The van der Waals surface area contributed by atoms with Gasteiger partial charge < -0.3 is 15.4 Å². The normalized spacial score (nSPS) is 15.6. The lowest BCUT2D eigenvalue weighted by Gasteiger charge is -2.25. The van der Waals surface area contributed by atoms with Gasteiger partial charge in [0.2, 0.25) is 0 Å². The molecule has 1 aromatic carbocycles. The lowest BCUT2D eigenvalue weighted by atomic mass is 10.1. The smallest absolute Gasteiger partial charge is 0.187 e. The number of aromatic nitrogens is 1. The van der Waals surface area contributed by atoms with Crippen LogP contribution in [0.2, 0.25) is 0 Å². The monoisotopic (exact) mass is 293 g/mol. The van der Waals surface area contributed by atoms with Gasteiger partial charge in [-0.05, 0) is 11.6 Å². The zero-order valence-corrected chi connectivity index (χ0v) is 11.8. The Labute approximate surface area is 121 Å². The van der Waals surface area contributed by atoms with E-state index in [0.29, 0.717) is 31.0 Å². The van der Waals surface area contributed by atoms with Crippen LogP contribution in [-0.4, -0.2) is 31.3 Å². The second-order valence-corrected chi connectivity index (χ2v) is 5.73. The van der Waals surface area contributed by atoms with E-state index in [1.165, 1.54) is 17.4 Å². The molecule has 0 atom stereocenters.